The molecule has 2 aliphatic carbocycles. The highest BCUT2D eigenvalue weighted by molar-refractivity contribution is 5.76. The van der Waals surface area contributed by atoms with Crippen LogP contribution in [0.4, 0.5) is 0 Å². The zero-order valence-electron chi connectivity index (χ0n) is 12.2. The van der Waals surface area contributed by atoms with Crippen molar-refractivity contribution in [2.24, 2.45) is 23.2 Å². The molecule has 3 unspecified atom stereocenters. The van der Waals surface area contributed by atoms with Gasteiger partial charge >= 0.3 is 5.97 Å². The minimum absolute atomic E-state index is 0.109. The van der Waals surface area contributed by atoms with Crippen LogP contribution in [0.15, 0.2) is 0 Å². The predicted octanol–water partition coefficient (Wildman–Crippen LogP) is 2.55. The van der Waals surface area contributed by atoms with Crippen LogP contribution in [0.2, 0.25) is 0 Å². The molecular formula is C15H27NO2. The fourth-order valence-corrected chi connectivity index (χ4v) is 4.08. The minimum atomic E-state index is -0.402. The molecule has 0 spiro atoms. The van der Waals surface area contributed by atoms with Crippen molar-refractivity contribution in [2.75, 3.05) is 27.2 Å². The normalized spacial score (nSPS) is 31.1. The smallest absolute Gasteiger partial charge is 0.312 e. The van der Waals surface area contributed by atoms with Crippen molar-refractivity contribution in [3.8, 4) is 0 Å². The van der Waals surface area contributed by atoms with Crippen molar-refractivity contribution in [3.05, 3.63) is 0 Å². The summed E-state index contributed by atoms with van der Waals surface area (Å²) in [6, 6.07) is 0. The summed E-state index contributed by atoms with van der Waals surface area (Å²) in [5.74, 6) is 2.71. The summed E-state index contributed by atoms with van der Waals surface area (Å²) in [4.78, 5) is 14.0. The first-order chi connectivity index (χ1) is 8.42. The summed E-state index contributed by atoms with van der Waals surface area (Å²) < 4.78 is 4.87. The number of rotatable bonds is 5. The minimum Gasteiger partial charge on any atom is -0.469 e. The van der Waals surface area contributed by atoms with Crippen LogP contribution in [0.5, 0.6) is 0 Å². The van der Waals surface area contributed by atoms with E-state index in [1.807, 2.05) is 13.8 Å². The monoisotopic (exact) mass is 253 g/mol. The lowest BCUT2D eigenvalue weighted by molar-refractivity contribution is -0.151. The molecule has 0 aromatic carbocycles. The van der Waals surface area contributed by atoms with Crippen molar-refractivity contribution in [1.29, 1.82) is 0 Å². The van der Waals surface area contributed by atoms with E-state index in [0.29, 0.717) is 0 Å². The van der Waals surface area contributed by atoms with Crippen LogP contribution in [0.1, 0.15) is 39.5 Å². The summed E-state index contributed by atoms with van der Waals surface area (Å²) in [6.07, 6.45) is 5.76. The Bertz CT molecular complexity index is 314. The molecule has 3 nitrogen and oxygen atoms in total. The molecule has 2 rings (SSSR count). The summed E-state index contributed by atoms with van der Waals surface area (Å²) in [6.45, 7) is 5.86. The van der Waals surface area contributed by atoms with Crippen LogP contribution >= 0.6 is 0 Å². The van der Waals surface area contributed by atoms with Gasteiger partial charge in [-0.25, -0.2) is 0 Å². The van der Waals surface area contributed by atoms with Gasteiger partial charge in [-0.05, 0) is 57.9 Å². The van der Waals surface area contributed by atoms with E-state index in [2.05, 4.69) is 11.9 Å². The Hall–Kier alpha value is -0.570. The summed E-state index contributed by atoms with van der Waals surface area (Å²) in [5.41, 5.74) is -0.402. The number of hydrogen-bond donors (Lipinski definition) is 0. The van der Waals surface area contributed by atoms with Gasteiger partial charge in [0.2, 0.25) is 0 Å². The van der Waals surface area contributed by atoms with Gasteiger partial charge in [-0.2, -0.15) is 0 Å². The third-order valence-electron chi connectivity index (χ3n) is 4.83. The second kappa shape index (κ2) is 5.20. The molecule has 0 aromatic heterocycles. The van der Waals surface area contributed by atoms with E-state index in [0.717, 1.165) is 30.8 Å². The van der Waals surface area contributed by atoms with Crippen LogP contribution < -0.4 is 0 Å². The van der Waals surface area contributed by atoms with Crippen molar-refractivity contribution in [1.82, 2.24) is 4.90 Å². The average molecular weight is 253 g/mol. The second-order valence-corrected chi connectivity index (χ2v) is 7.01. The quantitative estimate of drug-likeness (QED) is 0.705. The van der Waals surface area contributed by atoms with Crippen molar-refractivity contribution in [2.45, 2.75) is 39.5 Å². The Morgan fingerprint density at radius 3 is 2.56 bits per heavy atom. The van der Waals surface area contributed by atoms with Gasteiger partial charge in [0.15, 0.2) is 0 Å². The van der Waals surface area contributed by atoms with E-state index in [4.69, 9.17) is 4.74 Å². The predicted molar refractivity (Wildman–Crippen MR) is 72.2 cm³/mol. The second-order valence-electron chi connectivity index (χ2n) is 7.01. The largest absolute Gasteiger partial charge is 0.469 e. The molecule has 0 aromatic rings. The fourth-order valence-electron chi connectivity index (χ4n) is 4.08. The van der Waals surface area contributed by atoms with Crippen LogP contribution in [-0.2, 0) is 9.53 Å². The van der Waals surface area contributed by atoms with Crippen molar-refractivity contribution in [3.63, 3.8) is 0 Å². The number of esters is 1. The number of fused-ring (bicyclic) bond motifs is 2. The number of ether oxygens (including phenoxy) is 1. The lowest BCUT2D eigenvalue weighted by Crippen LogP contribution is -2.40. The first-order valence-corrected chi connectivity index (χ1v) is 7.19. The van der Waals surface area contributed by atoms with Crippen LogP contribution in [0.25, 0.3) is 0 Å². The average Bonchev–Trinajstić information content (AvgIpc) is 2.88. The molecule has 2 fully saturated rings. The molecule has 0 radical (unpaired) electrons. The topological polar surface area (TPSA) is 29.5 Å². The van der Waals surface area contributed by atoms with Gasteiger partial charge < -0.3 is 9.64 Å². The molecule has 0 saturated heterocycles. The van der Waals surface area contributed by atoms with Crippen LogP contribution in [-0.4, -0.2) is 38.1 Å². The number of hydrogen-bond acceptors (Lipinski definition) is 3. The Morgan fingerprint density at radius 1 is 1.33 bits per heavy atom. The van der Waals surface area contributed by atoms with E-state index in [9.17, 15) is 4.79 Å². The first-order valence-electron chi connectivity index (χ1n) is 7.19. The lowest BCUT2D eigenvalue weighted by Gasteiger charge is -2.32. The van der Waals surface area contributed by atoms with Crippen molar-refractivity contribution < 1.29 is 9.53 Å². The maximum Gasteiger partial charge on any atom is 0.312 e. The molecule has 0 aliphatic heterocycles. The van der Waals surface area contributed by atoms with Gasteiger partial charge in [0.05, 0.1) is 12.5 Å². The number of carbonyl (C=O) groups excluding carboxylic acids is 1. The third-order valence-corrected chi connectivity index (χ3v) is 4.83. The van der Waals surface area contributed by atoms with E-state index >= 15 is 0 Å². The first kappa shape index (κ1) is 13.9. The van der Waals surface area contributed by atoms with Gasteiger partial charge in [-0.1, -0.05) is 6.42 Å². The summed E-state index contributed by atoms with van der Waals surface area (Å²) >= 11 is 0. The standard InChI is InChI=1S/C15H27NO2/c1-15(2,14(17)18-4)10-16(3)9-13-8-11-5-6-12(13)7-11/h11-13H,5-10H2,1-4H3. The zero-order chi connectivity index (χ0) is 13.3. The van der Waals surface area contributed by atoms with Gasteiger partial charge in [0, 0.05) is 13.1 Å². The SMILES string of the molecule is COC(=O)C(C)(C)CN(C)CC1CC2CCC1C2. The van der Waals surface area contributed by atoms with Crippen molar-refractivity contribution >= 4 is 5.97 Å². The maximum absolute atomic E-state index is 11.7. The van der Waals surface area contributed by atoms with Crippen LogP contribution in [0.3, 0.4) is 0 Å². The molecule has 3 heteroatoms. The molecule has 3 atom stereocenters. The van der Waals surface area contributed by atoms with E-state index in [1.54, 1.807) is 0 Å². The Balaban J connectivity index is 1.82. The van der Waals surface area contributed by atoms with Gasteiger partial charge in [0.25, 0.3) is 0 Å². The summed E-state index contributed by atoms with van der Waals surface area (Å²) in [5, 5.41) is 0. The van der Waals surface area contributed by atoms with E-state index in [-0.39, 0.29) is 5.97 Å². The molecule has 18 heavy (non-hydrogen) atoms. The zero-order valence-corrected chi connectivity index (χ0v) is 12.2. The lowest BCUT2D eigenvalue weighted by atomic mass is 9.87. The number of carbonyl (C=O) groups is 1. The Labute approximate surface area is 111 Å². The molecule has 0 amide bonds. The Morgan fingerprint density at radius 2 is 2.06 bits per heavy atom. The highest BCUT2D eigenvalue weighted by atomic mass is 16.5. The maximum atomic E-state index is 11.7. The number of methoxy groups -OCH3 is 1. The highest BCUT2D eigenvalue weighted by Crippen LogP contribution is 2.48. The van der Waals surface area contributed by atoms with E-state index in [1.165, 1.54) is 32.8 Å². The molecule has 104 valence electrons. The highest BCUT2D eigenvalue weighted by Gasteiger charge is 2.40. The van der Waals surface area contributed by atoms with Gasteiger partial charge in [-0.3, -0.25) is 4.79 Å². The molecule has 2 bridgehead atoms. The summed E-state index contributed by atoms with van der Waals surface area (Å²) in [7, 11) is 3.61. The fraction of sp³-hybridized carbons (Fsp3) is 0.933. The Kier molecular flexibility index (Phi) is 4.00. The van der Waals surface area contributed by atoms with Crippen LogP contribution in [0, 0.1) is 23.2 Å². The number of nitrogens with zero attached hydrogens (tertiary/aromatic N) is 1. The third kappa shape index (κ3) is 2.87. The molecule has 2 aliphatic rings. The molecule has 0 N–H and O–H groups in total. The molecule has 0 heterocycles. The van der Waals surface area contributed by atoms with Gasteiger partial charge in [-0.15, -0.1) is 0 Å². The molecule has 2 saturated carbocycles. The van der Waals surface area contributed by atoms with Gasteiger partial charge in [0.1, 0.15) is 0 Å². The van der Waals surface area contributed by atoms with E-state index < -0.39 is 5.41 Å². The molecular weight excluding hydrogens is 226 g/mol.